The van der Waals surface area contributed by atoms with E-state index in [1.807, 2.05) is 0 Å². The maximum atomic E-state index is 12.3. The van der Waals surface area contributed by atoms with E-state index in [1.54, 1.807) is 4.31 Å². The number of hydrogen-bond acceptors (Lipinski definition) is 3. The van der Waals surface area contributed by atoms with E-state index in [4.69, 9.17) is 0 Å². The van der Waals surface area contributed by atoms with Crippen LogP contribution in [0.3, 0.4) is 0 Å². The third kappa shape index (κ3) is 4.55. The molecule has 2 rings (SSSR count). The van der Waals surface area contributed by atoms with Crippen molar-refractivity contribution in [1.82, 2.24) is 14.3 Å². The maximum absolute atomic E-state index is 12.3. The van der Waals surface area contributed by atoms with Crippen molar-refractivity contribution in [2.24, 2.45) is 11.8 Å². The Morgan fingerprint density at radius 3 is 2.65 bits per heavy atom. The van der Waals surface area contributed by atoms with Gasteiger partial charge >= 0.3 is 0 Å². The summed E-state index contributed by atoms with van der Waals surface area (Å²) in [7, 11) is -3.31. The standard InChI is InChI=1S/C14H27N3O2S/c1-12-9-13(2)11-17(10-12)20(18,19)16-8-5-14-3-6-15-7-4-14/h3,12-13,15-16H,4-11H2,1-2H3. The summed E-state index contributed by atoms with van der Waals surface area (Å²) in [5, 5.41) is 3.26. The molecule has 116 valence electrons. The highest BCUT2D eigenvalue weighted by atomic mass is 32.2. The molecule has 0 radical (unpaired) electrons. The summed E-state index contributed by atoms with van der Waals surface area (Å²) in [6.07, 6.45) is 5.13. The van der Waals surface area contributed by atoms with E-state index < -0.39 is 10.2 Å². The van der Waals surface area contributed by atoms with Crippen LogP contribution in [-0.4, -0.2) is 45.4 Å². The van der Waals surface area contributed by atoms with Crippen LogP contribution in [0.25, 0.3) is 0 Å². The third-order valence-corrected chi connectivity index (χ3v) is 5.61. The van der Waals surface area contributed by atoms with Gasteiger partial charge in [-0.2, -0.15) is 12.7 Å². The van der Waals surface area contributed by atoms with Gasteiger partial charge in [0.25, 0.3) is 10.2 Å². The highest BCUT2D eigenvalue weighted by Gasteiger charge is 2.29. The molecule has 2 aliphatic heterocycles. The molecule has 0 bridgehead atoms. The van der Waals surface area contributed by atoms with Crippen LogP contribution in [0.5, 0.6) is 0 Å². The van der Waals surface area contributed by atoms with Gasteiger partial charge in [-0.3, -0.25) is 0 Å². The quantitative estimate of drug-likeness (QED) is 0.748. The van der Waals surface area contributed by atoms with Gasteiger partial charge in [0.05, 0.1) is 0 Å². The highest BCUT2D eigenvalue weighted by Crippen LogP contribution is 2.22. The minimum Gasteiger partial charge on any atom is -0.313 e. The summed E-state index contributed by atoms with van der Waals surface area (Å²) in [5.41, 5.74) is 1.35. The van der Waals surface area contributed by atoms with E-state index in [-0.39, 0.29) is 0 Å². The van der Waals surface area contributed by atoms with Gasteiger partial charge in [0.15, 0.2) is 0 Å². The third-order valence-electron chi connectivity index (χ3n) is 4.06. The summed E-state index contributed by atoms with van der Waals surface area (Å²) in [6.45, 7) is 7.95. The first kappa shape index (κ1) is 15.9. The normalized spacial score (nSPS) is 29.2. The summed E-state index contributed by atoms with van der Waals surface area (Å²) in [4.78, 5) is 0. The molecule has 2 N–H and O–H groups in total. The van der Waals surface area contributed by atoms with Gasteiger partial charge in [-0.05, 0) is 37.6 Å². The first-order valence-corrected chi connectivity index (χ1v) is 9.04. The minimum absolute atomic E-state index is 0.447. The molecule has 0 aromatic carbocycles. The predicted octanol–water partition coefficient (Wildman–Crippen LogP) is 1.11. The summed E-state index contributed by atoms with van der Waals surface area (Å²) < 4.78 is 29.0. The van der Waals surface area contributed by atoms with Crippen molar-refractivity contribution >= 4 is 10.2 Å². The van der Waals surface area contributed by atoms with E-state index in [1.165, 1.54) is 5.57 Å². The van der Waals surface area contributed by atoms with Crippen molar-refractivity contribution in [3.8, 4) is 0 Å². The summed E-state index contributed by atoms with van der Waals surface area (Å²) in [6, 6.07) is 0. The second-order valence-electron chi connectivity index (χ2n) is 6.23. The molecule has 0 amide bonds. The molecule has 2 atom stereocenters. The molecule has 20 heavy (non-hydrogen) atoms. The fourth-order valence-corrected chi connectivity index (χ4v) is 4.57. The molecule has 0 saturated carbocycles. The van der Waals surface area contributed by atoms with Gasteiger partial charge in [-0.25, -0.2) is 4.72 Å². The first-order valence-electron chi connectivity index (χ1n) is 7.60. The van der Waals surface area contributed by atoms with Crippen LogP contribution in [0.4, 0.5) is 0 Å². The van der Waals surface area contributed by atoms with Crippen LogP contribution in [0.2, 0.25) is 0 Å². The van der Waals surface area contributed by atoms with Gasteiger partial charge in [-0.15, -0.1) is 0 Å². The number of nitrogens with one attached hydrogen (secondary N) is 2. The molecule has 2 heterocycles. The van der Waals surface area contributed by atoms with Crippen molar-refractivity contribution in [3.63, 3.8) is 0 Å². The molecule has 2 unspecified atom stereocenters. The Balaban J connectivity index is 1.82. The molecule has 5 nitrogen and oxygen atoms in total. The lowest BCUT2D eigenvalue weighted by molar-refractivity contribution is 0.220. The van der Waals surface area contributed by atoms with Crippen molar-refractivity contribution in [3.05, 3.63) is 11.6 Å². The SMILES string of the molecule is CC1CC(C)CN(S(=O)(=O)NCCC2=CCNCC2)C1. The molecular weight excluding hydrogens is 274 g/mol. The van der Waals surface area contributed by atoms with E-state index in [0.29, 0.717) is 31.5 Å². The van der Waals surface area contributed by atoms with Crippen molar-refractivity contribution in [1.29, 1.82) is 0 Å². The topological polar surface area (TPSA) is 61.4 Å². The van der Waals surface area contributed by atoms with Crippen LogP contribution < -0.4 is 10.0 Å². The van der Waals surface area contributed by atoms with Crippen LogP contribution >= 0.6 is 0 Å². The van der Waals surface area contributed by atoms with Crippen LogP contribution in [0.15, 0.2) is 11.6 Å². The second kappa shape index (κ2) is 7.02. The lowest BCUT2D eigenvalue weighted by Crippen LogP contribution is -2.48. The molecule has 0 aromatic heterocycles. The van der Waals surface area contributed by atoms with Gasteiger partial charge in [0.1, 0.15) is 0 Å². The zero-order chi connectivity index (χ0) is 14.6. The molecule has 6 heteroatoms. The van der Waals surface area contributed by atoms with Crippen LogP contribution in [0, 0.1) is 11.8 Å². The van der Waals surface area contributed by atoms with Gasteiger partial charge in [-0.1, -0.05) is 25.5 Å². The van der Waals surface area contributed by atoms with E-state index >= 15 is 0 Å². The van der Waals surface area contributed by atoms with Crippen molar-refractivity contribution in [2.45, 2.75) is 33.1 Å². The lowest BCUT2D eigenvalue weighted by Gasteiger charge is -2.34. The van der Waals surface area contributed by atoms with Crippen molar-refractivity contribution in [2.75, 3.05) is 32.7 Å². The molecule has 1 fully saturated rings. The Morgan fingerprint density at radius 1 is 1.35 bits per heavy atom. The fourth-order valence-electron chi connectivity index (χ4n) is 3.13. The molecule has 0 aromatic rings. The monoisotopic (exact) mass is 301 g/mol. The Morgan fingerprint density at radius 2 is 2.05 bits per heavy atom. The van der Waals surface area contributed by atoms with Gasteiger partial charge < -0.3 is 5.32 Å². The zero-order valence-electron chi connectivity index (χ0n) is 12.6. The van der Waals surface area contributed by atoms with Crippen LogP contribution in [-0.2, 0) is 10.2 Å². The van der Waals surface area contributed by atoms with Crippen molar-refractivity contribution < 1.29 is 8.42 Å². The molecule has 0 aliphatic carbocycles. The molecular formula is C14H27N3O2S. The first-order chi connectivity index (χ1) is 9.47. The maximum Gasteiger partial charge on any atom is 0.279 e. The lowest BCUT2D eigenvalue weighted by atomic mass is 9.94. The average molecular weight is 301 g/mol. The number of piperidine rings is 1. The number of rotatable bonds is 5. The summed E-state index contributed by atoms with van der Waals surface area (Å²) >= 11 is 0. The second-order valence-corrected chi connectivity index (χ2v) is 7.98. The minimum atomic E-state index is -3.31. The van der Waals surface area contributed by atoms with E-state index in [9.17, 15) is 8.42 Å². The summed E-state index contributed by atoms with van der Waals surface area (Å²) in [5.74, 6) is 0.893. The zero-order valence-corrected chi connectivity index (χ0v) is 13.4. The Labute approximate surface area is 123 Å². The van der Waals surface area contributed by atoms with E-state index in [2.05, 4.69) is 30.0 Å². The average Bonchev–Trinajstić information content (AvgIpc) is 2.38. The van der Waals surface area contributed by atoms with E-state index in [0.717, 1.165) is 32.4 Å². The Hall–Kier alpha value is -0.430. The fraction of sp³-hybridized carbons (Fsp3) is 0.857. The highest BCUT2D eigenvalue weighted by molar-refractivity contribution is 7.87. The number of nitrogens with zero attached hydrogens (tertiary/aromatic N) is 1. The predicted molar refractivity (Wildman–Crippen MR) is 81.6 cm³/mol. The Bertz CT molecular complexity index is 437. The van der Waals surface area contributed by atoms with Crippen LogP contribution in [0.1, 0.15) is 33.1 Å². The Kier molecular flexibility index (Phi) is 5.60. The van der Waals surface area contributed by atoms with Gasteiger partial charge in [0, 0.05) is 26.2 Å². The van der Waals surface area contributed by atoms with Gasteiger partial charge in [0.2, 0.25) is 0 Å². The molecule has 1 saturated heterocycles. The molecule has 2 aliphatic rings. The molecule has 0 spiro atoms. The smallest absolute Gasteiger partial charge is 0.279 e. The number of hydrogen-bond donors (Lipinski definition) is 2. The largest absolute Gasteiger partial charge is 0.313 e.